The van der Waals surface area contributed by atoms with E-state index < -0.39 is 5.97 Å². The van der Waals surface area contributed by atoms with E-state index in [0.29, 0.717) is 25.7 Å². The maximum absolute atomic E-state index is 11.8. The monoisotopic (exact) mass is 273 g/mol. The van der Waals surface area contributed by atoms with Crippen LogP contribution in [0.5, 0.6) is 0 Å². The molecule has 0 aliphatic carbocycles. The first-order valence-electron chi connectivity index (χ1n) is 6.63. The van der Waals surface area contributed by atoms with E-state index in [9.17, 15) is 9.59 Å². The molecule has 0 radical (unpaired) electrons. The molecule has 0 aromatic heterocycles. The van der Waals surface area contributed by atoms with Crippen LogP contribution in [0.2, 0.25) is 0 Å². The van der Waals surface area contributed by atoms with E-state index in [4.69, 9.17) is 11.5 Å². The zero-order valence-electron chi connectivity index (χ0n) is 11.3. The summed E-state index contributed by atoms with van der Waals surface area (Å²) in [7, 11) is 0. The molecule has 1 aromatic carbocycles. The zero-order chi connectivity index (χ0) is 14.8. The molecule has 0 saturated carbocycles. The molecule has 2 N–H and O–H groups in total. The number of terminal acetylenes is 1. The van der Waals surface area contributed by atoms with Gasteiger partial charge in [0.2, 0.25) is 5.91 Å². The smallest absolute Gasteiger partial charge is 0.303 e. The Kier molecular flexibility index (Phi) is 6.91. The van der Waals surface area contributed by atoms with E-state index >= 15 is 0 Å². The SMILES string of the molecule is C#CCC(NC(=O)CCCCC(=O)O)c1ccccc1. The van der Waals surface area contributed by atoms with Crippen molar-refractivity contribution in [3.63, 3.8) is 0 Å². The van der Waals surface area contributed by atoms with Gasteiger partial charge < -0.3 is 10.4 Å². The number of hydrogen-bond donors (Lipinski definition) is 2. The van der Waals surface area contributed by atoms with Crippen LogP contribution in [0.3, 0.4) is 0 Å². The van der Waals surface area contributed by atoms with Crippen LogP contribution in [0.4, 0.5) is 0 Å². The summed E-state index contributed by atoms with van der Waals surface area (Å²) < 4.78 is 0. The largest absolute Gasteiger partial charge is 0.481 e. The molecule has 1 unspecified atom stereocenters. The van der Waals surface area contributed by atoms with Crippen molar-refractivity contribution < 1.29 is 14.7 Å². The Balaban J connectivity index is 2.44. The molecule has 1 rings (SSSR count). The number of nitrogens with one attached hydrogen (secondary N) is 1. The van der Waals surface area contributed by atoms with Crippen LogP contribution in [0.25, 0.3) is 0 Å². The van der Waals surface area contributed by atoms with Gasteiger partial charge in [-0.15, -0.1) is 12.3 Å². The molecular formula is C16H19NO3. The van der Waals surface area contributed by atoms with Crippen molar-refractivity contribution in [2.24, 2.45) is 0 Å². The molecule has 0 spiro atoms. The average molecular weight is 273 g/mol. The van der Waals surface area contributed by atoms with Gasteiger partial charge in [-0.2, -0.15) is 0 Å². The Hall–Kier alpha value is -2.28. The summed E-state index contributed by atoms with van der Waals surface area (Å²) in [6, 6.07) is 9.37. The van der Waals surface area contributed by atoms with Gasteiger partial charge in [0.25, 0.3) is 0 Å². The number of carbonyl (C=O) groups is 2. The minimum absolute atomic E-state index is 0.0970. The fourth-order valence-corrected chi connectivity index (χ4v) is 1.88. The summed E-state index contributed by atoms with van der Waals surface area (Å²) in [5.41, 5.74) is 0.976. The van der Waals surface area contributed by atoms with Crippen LogP contribution in [0, 0.1) is 12.3 Å². The van der Waals surface area contributed by atoms with Gasteiger partial charge in [0.15, 0.2) is 0 Å². The molecule has 106 valence electrons. The third-order valence-electron chi connectivity index (χ3n) is 2.90. The highest BCUT2D eigenvalue weighted by atomic mass is 16.4. The molecule has 4 nitrogen and oxygen atoms in total. The van der Waals surface area contributed by atoms with Gasteiger partial charge in [-0.3, -0.25) is 9.59 Å². The van der Waals surface area contributed by atoms with E-state index in [1.54, 1.807) is 0 Å². The van der Waals surface area contributed by atoms with Crippen LogP contribution < -0.4 is 5.32 Å². The van der Waals surface area contributed by atoms with Crippen LogP contribution in [0.1, 0.15) is 43.7 Å². The van der Waals surface area contributed by atoms with Gasteiger partial charge in [0.05, 0.1) is 6.04 Å². The van der Waals surface area contributed by atoms with Crippen LogP contribution in [0.15, 0.2) is 30.3 Å². The Morgan fingerprint density at radius 1 is 1.20 bits per heavy atom. The van der Waals surface area contributed by atoms with Gasteiger partial charge in [-0.05, 0) is 18.4 Å². The summed E-state index contributed by atoms with van der Waals surface area (Å²) in [5, 5.41) is 11.4. The summed E-state index contributed by atoms with van der Waals surface area (Å²) in [5.74, 6) is 1.63. The fraction of sp³-hybridized carbons (Fsp3) is 0.375. The van der Waals surface area contributed by atoms with Crippen molar-refractivity contribution in [3.8, 4) is 12.3 Å². The van der Waals surface area contributed by atoms with E-state index in [-0.39, 0.29) is 18.4 Å². The summed E-state index contributed by atoms with van der Waals surface area (Å²) in [4.78, 5) is 22.2. The molecule has 0 saturated heterocycles. The number of carboxylic acid groups (broad SMARTS) is 1. The second kappa shape index (κ2) is 8.76. The van der Waals surface area contributed by atoms with Gasteiger partial charge in [0, 0.05) is 19.3 Å². The topological polar surface area (TPSA) is 66.4 Å². The highest BCUT2D eigenvalue weighted by Gasteiger charge is 2.13. The molecule has 0 fully saturated rings. The molecule has 20 heavy (non-hydrogen) atoms. The molecule has 1 aromatic rings. The molecule has 4 heteroatoms. The van der Waals surface area contributed by atoms with Crippen LogP contribution >= 0.6 is 0 Å². The van der Waals surface area contributed by atoms with E-state index in [1.165, 1.54) is 0 Å². The van der Waals surface area contributed by atoms with E-state index in [2.05, 4.69) is 11.2 Å². The van der Waals surface area contributed by atoms with Gasteiger partial charge in [-0.25, -0.2) is 0 Å². The highest BCUT2D eigenvalue weighted by molar-refractivity contribution is 5.76. The lowest BCUT2D eigenvalue weighted by molar-refractivity contribution is -0.137. The Bertz CT molecular complexity index is 476. The number of aliphatic carboxylic acids is 1. The number of benzene rings is 1. The number of rotatable bonds is 8. The number of hydrogen-bond acceptors (Lipinski definition) is 2. The van der Waals surface area contributed by atoms with Gasteiger partial charge in [-0.1, -0.05) is 30.3 Å². The first-order valence-corrected chi connectivity index (χ1v) is 6.63. The normalized spacial score (nSPS) is 11.3. The predicted molar refractivity (Wildman–Crippen MR) is 76.9 cm³/mol. The summed E-state index contributed by atoms with van der Waals surface area (Å²) in [6.45, 7) is 0. The maximum Gasteiger partial charge on any atom is 0.303 e. The molecule has 1 amide bonds. The second-order valence-corrected chi connectivity index (χ2v) is 4.54. The number of unbranched alkanes of at least 4 members (excludes halogenated alkanes) is 1. The van der Waals surface area contributed by atoms with E-state index in [1.807, 2.05) is 30.3 Å². The third-order valence-corrected chi connectivity index (χ3v) is 2.90. The minimum atomic E-state index is -0.833. The molecule has 0 bridgehead atoms. The first-order chi connectivity index (χ1) is 9.63. The molecular weight excluding hydrogens is 254 g/mol. The maximum atomic E-state index is 11.8. The zero-order valence-corrected chi connectivity index (χ0v) is 11.3. The molecule has 0 heterocycles. The quantitative estimate of drug-likeness (QED) is 0.565. The Morgan fingerprint density at radius 3 is 2.45 bits per heavy atom. The van der Waals surface area contributed by atoms with Gasteiger partial charge >= 0.3 is 5.97 Å². The standard InChI is InChI=1S/C16H19NO3/c1-2-8-14(13-9-4-3-5-10-13)17-15(18)11-6-7-12-16(19)20/h1,3-5,9-10,14H,6-8,11-12H2,(H,17,18)(H,19,20). The number of amides is 1. The molecule has 0 aliphatic heterocycles. The Morgan fingerprint density at radius 2 is 1.85 bits per heavy atom. The van der Waals surface area contributed by atoms with E-state index in [0.717, 1.165) is 5.56 Å². The second-order valence-electron chi connectivity index (χ2n) is 4.54. The number of carboxylic acids is 1. The highest BCUT2D eigenvalue weighted by Crippen LogP contribution is 2.16. The lowest BCUT2D eigenvalue weighted by Crippen LogP contribution is -2.28. The lowest BCUT2D eigenvalue weighted by Gasteiger charge is -2.16. The third kappa shape index (κ3) is 6.05. The van der Waals surface area contributed by atoms with Crippen molar-refractivity contribution in [2.75, 3.05) is 0 Å². The Labute approximate surface area is 119 Å². The molecule has 1 atom stereocenters. The average Bonchev–Trinajstić information content (AvgIpc) is 2.44. The minimum Gasteiger partial charge on any atom is -0.481 e. The number of carbonyl (C=O) groups excluding carboxylic acids is 1. The van der Waals surface area contributed by atoms with Crippen molar-refractivity contribution in [1.82, 2.24) is 5.32 Å². The first kappa shape index (κ1) is 15.8. The van der Waals surface area contributed by atoms with Crippen molar-refractivity contribution >= 4 is 11.9 Å². The van der Waals surface area contributed by atoms with Crippen LogP contribution in [-0.2, 0) is 9.59 Å². The molecule has 0 aliphatic rings. The summed E-state index contributed by atoms with van der Waals surface area (Å²) >= 11 is 0. The lowest BCUT2D eigenvalue weighted by atomic mass is 10.0. The van der Waals surface area contributed by atoms with Gasteiger partial charge in [0.1, 0.15) is 0 Å². The van der Waals surface area contributed by atoms with Crippen molar-refractivity contribution in [1.29, 1.82) is 0 Å². The fourth-order valence-electron chi connectivity index (χ4n) is 1.88. The van der Waals surface area contributed by atoms with Crippen molar-refractivity contribution in [2.45, 2.75) is 38.1 Å². The summed E-state index contributed by atoms with van der Waals surface area (Å²) in [6.07, 6.45) is 7.26. The predicted octanol–water partition coefficient (Wildman–Crippen LogP) is 2.51. The van der Waals surface area contributed by atoms with Crippen molar-refractivity contribution in [3.05, 3.63) is 35.9 Å². The van der Waals surface area contributed by atoms with Crippen LogP contribution in [-0.4, -0.2) is 17.0 Å².